The maximum atomic E-state index is 12.8. The number of carbonyl (C=O) groups is 2. The van der Waals surface area contributed by atoms with Crippen LogP contribution in [0, 0.1) is 0 Å². The van der Waals surface area contributed by atoms with Crippen LogP contribution in [0.1, 0.15) is 20.8 Å². The van der Waals surface area contributed by atoms with E-state index < -0.39 is 11.9 Å². The molecule has 2 aromatic carbocycles. The van der Waals surface area contributed by atoms with E-state index in [2.05, 4.69) is 15.5 Å². The zero-order valence-electron chi connectivity index (χ0n) is 15.3. The molecule has 30 heavy (non-hydrogen) atoms. The SMILES string of the molecule is COC(=O)c1c(-c2c(Cl)cccc2Cl)noc1NC(=O)c1cc2cccc(Cl)c2[nH]1. The third-order valence-electron chi connectivity index (χ3n) is 4.36. The number of amides is 1. The summed E-state index contributed by atoms with van der Waals surface area (Å²) >= 11 is 18.6. The second kappa shape index (κ2) is 8.02. The Kier molecular flexibility index (Phi) is 5.42. The number of nitrogens with zero attached hydrogens (tertiary/aromatic N) is 1. The number of hydrogen-bond acceptors (Lipinski definition) is 5. The van der Waals surface area contributed by atoms with Crippen LogP contribution in [0.5, 0.6) is 0 Å². The molecule has 0 spiro atoms. The van der Waals surface area contributed by atoms with Crippen LogP contribution in [0.3, 0.4) is 0 Å². The second-order valence-electron chi connectivity index (χ2n) is 6.16. The number of anilines is 1. The highest BCUT2D eigenvalue weighted by Crippen LogP contribution is 2.38. The van der Waals surface area contributed by atoms with Gasteiger partial charge in [0.1, 0.15) is 11.4 Å². The number of methoxy groups -OCH3 is 1. The van der Waals surface area contributed by atoms with Crippen LogP contribution in [-0.4, -0.2) is 29.1 Å². The van der Waals surface area contributed by atoms with Crippen LogP contribution in [0.25, 0.3) is 22.2 Å². The van der Waals surface area contributed by atoms with Crippen molar-refractivity contribution in [3.05, 3.63) is 68.8 Å². The van der Waals surface area contributed by atoms with Crippen molar-refractivity contribution in [1.82, 2.24) is 10.1 Å². The topological polar surface area (TPSA) is 97.2 Å². The Morgan fingerprint density at radius 3 is 2.40 bits per heavy atom. The molecule has 0 radical (unpaired) electrons. The molecular weight excluding hydrogens is 453 g/mol. The standard InChI is InChI=1S/C20H12Cl3N3O4/c1-29-20(28)15-17(14-10(21)5-3-6-11(14)22)26-30-19(15)25-18(27)13-8-9-4-2-7-12(23)16(9)24-13/h2-8,24H,1H3,(H,25,27). The minimum absolute atomic E-state index is 0.0486. The van der Waals surface area contributed by atoms with Gasteiger partial charge in [-0.15, -0.1) is 0 Å². The lowest BCUT2D eigenvalue weighted by Gasteiger charge is -2.06. The van der Waals surface area contributed by atoms with Gasteiger partial charge in [-0.05, 0) is 24.3 Å². The lowest BCUT2D eigenvalue weighted by molar-refractivity contribution is 0.0602. The molecule has 1 amide bonds. The fraction of sp³-hybridized carbons (Fsp3) is 0.0500. The predicted molar refractivity (Wildman–Crippen MR) is 115 cm³/mol. The van der Waals surface area contributed by atoms with Gasteiger partial charge in [0.2, 0.25) is 5.88 Å². The minimum atomic E-state index is -0.780. The lowest BCUT2D eigenvalue weighted by Crippen LogP contribution is -2.15. The molecule has 0 aliphatic rings. The Balaban J connectivity index is 1.75. The number of benzene rings is 2. The van der Waals surface area contributed by atoms with Gasteiger partial charge in [0.15, 0.2) is 5.56 Å². The van der Waals surface area contributed by atoms with Crippen molar-refractivity contribution in [3.63, 3.8) is 0 Å². The van der Waals surface area contributed by atoms with E-state index in [1.807, 2.05) is 0 Å². The fourth-order valence-corrected chi connectivity index (χ4v) is 3.78. The van der Waals surface area contributed by atoms with Crippen LogP contribution in [0.4, 0.5) is 5.88 Å². The minimum Gasteiger partial charge on any atom is -0.465 e. The largest absolute Gasteiger partial charge is 0.465 e. The number of esters is 1. The first-order chi connectivity index (χ1) is 14.4. The molecule has 0 atom stereocenters. The van der Waals surface area contributed by atoms with E-state index in [1.54, 1.807) is 42.5 Å². The summed E-state index contributed by atoms with van der Waals surface area (Å²) < 4.78 is 10.1. The number of aromatic amines is 1. The zero-order valence-corrected chi connectivity index (χ0v) is 17.5. The zero-order chi connectivity index (χ0) is 21.4. The van der Waals surface area contributed by atoms with E-state index in [1.165, 1.54) is 7.11 Å². The number of H-pyrrole nitrogens is 1. The highest BCUT2D eigenvalue weighted by molar-refractivity contribution is 6.39. The molecule has 2 N–H and O–H groups in total. The number of halogens is 3. The van der Waals surface area contributed by atoms with Crippen molar-refractivity contribution in [2.24, 2.45) is 0 Å². The number of nitrogens with one attached hydrogen (secondary N) is 2. The van der Waals surface area contributed by atoms with Crippen molar-refractivity contribution in [2.45, 2.75) is 0 Å². The van der Waals surface area contributed by atoms with Gasteiger partial charge in [-0.3, -0.25) is 10.1 Å². The molecule has 0 saturated carbocycles. The average molecular weight is 465 g/mol. The number of ether oxygens (including phenoxy) is 1. The number of fused-ring (bicyclic) bond motifs is 1. The molecule has 2 heterocycles. The molecule has 0 bridgehead atoms. The number of rotatable bonds is 4. The van der Waals surface area contributed by atoms with Crippen LogP contribution in [-0.2, 0) is 4.74 Å². The molecule has 10 heteroatoms. The maximum absolute atomic E-state index is 12.8. The molecule has 0 aliphatic carbocycles. The summed E-state index contributed by atoms with van der Waals surface area (Å²) in [5, 5.41) is 8.14. The normalized spacial score (nSPS) is 10.9. The lowest BCUT2D eigenvalue weighted by atomic mass is 10.1. The van der Waals surface area contributed by atoms with Gasteiger partial charge in [0, 0.05) is 10.9 Å². The van der Waals surface area contributed by atoms with Crippen molar-refractivity contribution in [3.8, 4) is 11.3 Å². The molecule has 4 aromatic rings. The summed E-state index contributed by atoms with van der Waals surface area (Å²) in [6.45, 7) is 0. The van der Waals surface area contributed by atoms with Crippen molar-refractivity contribution >= 4 is 63.5 Å². The third-order valence-corrected chi connectivity index (χ3v) is 5.30. The van der Waals surface area contributed by atoms with Crippen LogP contribution in [0.15, 0.2) is 47.0 Å². The number of aromatic nitrogens is 2. The van der Waals surface area contributed by atoms with E-state index >= 15 is 0 Å². The molecule has 0 aliphatic heterocycles. The van der Waals surface area contributed by atoms with Gasteiger partial charge < -0.3 is 14.2 Å². The average Bonchev–Trinajstić information content (AvgIpc) is 3.33. The van der Waals surface area contributed by atoms with Crippen molar-refractivity contribution in [2.75, 3.05) is 12.4 Å². The summed E-state index contributed by atoms with van der Waals surface area (Å²) in [5.41, 5.74) is 1.03. The Morgan fingerprint density at radius 1 is 1.07 bits per heavy atom. The van der Waals surface area contributed by atoms with Crippen LogP contribution in [0.2, 0.25) is 15.1 Å². The summed E-state index contributed by atoms with van der Waals surface area (Å²) in [5.74, 6) is -1.56. The molecule has 0 saturated heterocycles. The number of carbonyl (C=O) groups excluding carboxylic acids is 2. The molecule has 0 unspecified atom stereocenters. The quantitative estimate of drug-likeness (QED) is 0.371. The molecule has 4 rings (SSSR count). The van der Waals surface area contributed by atoms with Gasteiger partial charge in [0.25, 0.3) is 5.91 Å². The molecule has 0 fully saturated rings. The molecule has 2 aromatic heterocycles. The number of hydrogen-bond donors (Lipinski definition) is 2. The Morgan fingerprint density at radius 2 is 1.73 bits per heavy atom. The van der Waals surface area contributed by atoms with Gasteiger partial charge in [-0.25, -0.2) is 4.79 Å². The maximum Gasteiger partial charge on any atom is 0.345 e. The Labute approximate surface area is 184 Å². The first-order valence-corrected chi connectivity index (χ1v) is 9.65. The predicted octanol–water partition coefficient (Wildman–Crippen LogP) is 5.82. The van der Waals surface area contributed by atoms with Crippen LogP contribution >= 0.6 is 34.8 Å². The van der Waals surface area contributed by atoms with Gasteiger partial charge in [0.05, 0.1) is 27.7 Å². The molecular formula is C20H12Cl3N3O4. The highest BCUT2D eigenvalue weighted by Gasteiger charge is 2.29. The van der Waals surface area contributed by atoms with Gasteiger partial charge in [-0.1, -0.05) is 58.2 Å². The molecule has 152 valence electrons. The smallest absolute Gasteiger partial charge is 0.345 e. The van der Waals surface area contributed by atoms with E-state index in [9.17, 15) is 9.59 Å². The van der Waals surface area contributed by atoms with E-state index in [0.29, 0.717) is 10.5 Å². The first-order valence-electron chi connectivity index (χ1n) is 8.51. The fourth-order valence-electron chi connectivity index (χ4n) is 2.97. The Bertz CT molecular complexity index is 1280. The summed E-state index contributed by atoms with van der Waals surface area (Å²) in [7, 11) is 1.19. The van der Waals surface area contributed by atoms with E-state index in [4.69, 9.17) is 44.1 Å². The first kappa shape index (κ1) is 20.3. The monoisotopic (exact) mass is 463 g/mol. The van der Waals surface area contributed by atoms with Crippen molar-refractivity contribution < 1.29 is 18.8 Å². The highest BCUT2D eigenvalue weighted by atomic mass is 35.5. The Hall–Kier alpha value is -3.00. The summed E-state index contributed by atoms with van der Waals surface area (Å²) in [4.78, 5) is 28.1. The van der Waals surface area contributed by atoms with E-state index in [0.717, 1.165) is 5.39 Å². The number of para-hydroxylation sites is 1. The van der Waals surface area contributed by atoms with Crippen molar-refractivity contribution in [1.29, 1.82) is 0 Å². The summed E-state index contributed by atoms with van der Waals surface area (Å²) in [6, 6.07) is 11.7. The van der Waals surface area contributed by atoms with E-state index in [-0.39, 0.29) is 38.4 Å². The molecule has 7 nitrogen and oxygen atoms in total. The third kappa shape index (κ3) is 3.52. The van der Waals surface area contributed by atoms with Gasteiger partial charge in [-0.2, -0.15) is 0 Å². The van der Waals surface area contributed by atoms with Gasteiger partial charge >= 0.3 is 5.97 Å². The van der Waals surface area contributed by atoms with Crippen LogP contribution < -0.4 is 5.32 Å². The second-order valence-corrected chi connectivity index (χ2v) is 7.39. The summed E-state index contributed by atoms with van der Waals surface area (Å²) in [6.07, 6.45) is 0.